The Morgan fingerprint density at radius 3 is 2.29 bits per heavy atom. The summed E-state index contributed by atoms with van der Waals surface area (Å²) < 4.78 is 26.4. The highest BCUT2D eigenvalue weighted by Crippen LogP contribution is 2.32. The summed E-state index contributed by atoms with van der Waals surface area (Å²) in [7, 11) is -2.34. The summed E-state index contributed by atoms with van der Waals surface area (Å²) in [6.45, 7) is 1.75. The largest absolute Gasteiger partial charge is 0.507 e. The standard InChI is InChI=1S/C15H16ClNO3S/c1-11(12-7-3-4-8-13(12)16)17(2)21(19,20)15-10-6-5-9-14(15)18/h3-11,18H,1-2H3. The molecule has 0 saturated carbocycles. The van der Waals surface area contributed by atoms with Crippen LogP contribution in [0, 0.1) is 0 Å². The van der Waals surface area contributed by atoms with Crippen LogP contribution in [0.4, 0.5) is 0 Å². The Bertz CT molecular complexity index is 746. The van der Waals surface area contributed by atoms with Crippen LogP contribution in [-0.4, -0.2) is 24.9 Å². The number of phenols is 1. The summed E-state index contributed by atoms with van der Waals surface area (Å²) >= 11 is 6.12. The van der Waals surface area contributed by atoms with Gasteiger partial charge in [-0.2, -0.15) is 4.31 Å². The van der Waals surface area contributed by atoms with Crippen molar-refractivity contribution in [2.45, 2.75) is 17.9 Å². The van der Waals surface area contributed by atoms with Crippen molar-refractivity contribution in [3.63, 3.8) is 0 Å². The lowest BCUT2D eigenvalue weighted by Crippen LogP contribution is -2.30. The van der Waals surface area contributed by atoms with Crippen molar-refractivity contribution < 1.29 is 13.5 Å². The molecule has 1 atom stereocenters. The summed E-state index contributed by atoms with van der Waals surface area (Å²) in [4.78, 5) is -0.119. The fraction of sp³-hybridized carbons (Fsp3) is 0.200. The van der Waals surface area contributed by atoms with Crippen LogP contribution in [0.25, 0.3) is 0 Å². The average Bonchev–Trinajstić information content (AvgIpc) is 2.46. The van der Waals surface area contributed by atoms with Gasteiger partial charge in [0.25, 0.3) is 0 Å². The third-order valence-electron chi connectivity index (χ3n) is 3.42. The van der Waals surface area contributed by atoms with E-state index in [0.717, 1.165) is 0 Å². The summed E-state index contributed by atoms with van der Waals surface area (Å²) in [5.41, 5.74) is 0.709. The van der Waals surface area contributed by atoms with Gasteiger partial charge in [0.1, 0.15) is 10.6 Å². The van der Waals surface area contributed by atoms with Gasteiger partial charge in [-0.25, -0.2) is 8.42 Å². The first-order valence-corrected chi connectivity index (χ1v) is 8.18. The second-order valence-corrected chi connectivity index (χ2v) is 7.06. The van der Waals surface area contributed by atoms with E-state index in [1.165, 1.54) is 23.5 Å². The van der Waals surface area contributed by atoms with Crippen LogP contribution in [0.2, 0.25) is 5.02 Å². The molecule has 4 nitrogen and oxygen atoms in total. The molecule has 0 heterocycles. The molecule has 0 aliphatic rings. The smallest absolute Gasteiger partial charge is 0.247 e. The van der Waals surface area contributed by atoms with E-state index in [-0.39, 0.29) is 10.6 Å². The number of halogens is 1. The van der Waals surface area contributed by atoms with Gasteiger partial charge in [-0.1, -0.05) is 41.9 Å². The van der Waals surface area contributed by atoms with Crippen molar-refractivity contribution in [1.29, 1.82) is 0 Å². The van der Waals surface area contributed by atoms with E-state index in [1.54, 1.807) is 43.3 Å². The second-order valence-electron chi connectivity index (χ2n) is 4.69. The van der Waals surface area contributed by atoms with Crippen molar-refractivity contribution in [3.8, 4) is 5.75 Å². The van der Waals surface area contributed by atoms with Crippen molar-refractivity contribution >= 4 is 21.6 Å². The molecule has 2 aromatic carbocycles. The maximum Gasteiger partial charge on any atom is 0.247 e. The predicted molar refractivity (Wildman–Crippen MR) is 82.9 cm³/mol. The third-order valence-corrected chi connectivity index (χ3v) is 5.74. The van der Waals surface area contributed by atoms with Crippen LogP contribution in [0.5, 0.6) is 5.75 Å². The molecule has 2 aromatic rings. The molecule has 0 amide bonds. The van der Waals surface area contributed by atoms with E-state index in [4.69, 9.17) is 11.6 Å². The van der Waals surface area contributed by atoms with E-state index >= 15 is 0 Å². The molecular formula is C15H16ClNO3S. The predicted octanol–water partition coefficient (Wildman–Crippen LogP) is 3.43. The molecule has 0 fully saturated rings. The zero-order chi connectivity index (χ0) is 15.6. The Balaban J connectivity index is 2.42. The Hall–Kier alpha value is -1.56. The van der Waals surface area contributed by atoms with Gasteiger partial charge in [-0.15, -0.1) is 0 Å². The summed E-state index contributed by atoms with van der Waals surface area (Å²) in [5.74, 6) is -0.268. The zero-order valence-electron chi connectivity index (χ0n) is 11.7. The third kappa shape index (κ3) is 3.05. The fourth-order valence-corrected chi connectivity index (χ4v) is 3.76. The molecular weight excluding hydrogens is 310 g/mol. The van der Waals surface area contributed by atoms with Crippen LogP contribution < -0.4 is 0 Å². The highest BCUT2D eigenvalue weighted by Gasteiger charge is 2.29. The topological polar surface area (TPSA) is 57.6 Å². The molecule has 0 radical (unpaired) electrons. The molecule has 0 saturated heterocycles. The average molecular weight is 326 g/mol. The summed E-state index contributed by atoms with van der Waals surface area (Å²) in [5, 5.41) is 10.3. The first-order valence-electron chi connectivity index (χ1n) is 6.36. The number of sulfonamides is 1. The van der Waals surface area contributed by atoms with E-state index < -0.39 is 16.1 Å². The summed E-state index contributed by atoms with van der Waals surface area (Å²) in [6.07, 6.45) is 0. The van der Waals surface area contributed by atoms with Crippen molar-refractivity contribution in [1.82, 2.24) is 4.31 Å². The highest BCUT2D eigenvalue weighted by molar-refractivity contribution is 7.89. The van der Waals surface area contributed by atoms with Crippen LogP contribution in [0.3, 0.4) is 0 Å². The molecule has 112 valence electrons. The van der Waals surface area contributed by atoms with Crippen LogP contribution >= 0.6 is 11.6 Å². The van der Waals surface area contributed by atoms with Gasteiger partial charge >= 0.3 is 0 Å². The van der Waals surface area contributed by atoms with Crippen LogP contribution in [-0.2, 0) is 10.0 Å². The SMILES string of the molecule is CC(c1ccccc1Cl)N(C)S(=O)(=O)c1ccccc1O. The van der Waals surface area contributed by atoms with E-state index in [0.29, 0.717) is 10.6 Å². The molecule has 0 aromatic heterocycles. The molecule has 0 aliphatic heterocycles. The quantitative estimate of drug-likeness (QED) is 0.937. The number of rotatable bonds is 4. The molecule has 0 bridgehead atoms. The van der Waals surface area contributed by atoms with Crippen molar-refractivity contribution in [2.75, 3.05) is 7.05 Å². The lowest BCUT2D eigenvalue weighted by Gasteiger charge is -2.25. The highest BCUT2D eigenvalue weighted by atomic mass is 35.5. The number of benzene rings is 2. The molecule has 21 heavy (non-hydrogen) atoms. The first-order chi connectivity index (χ1) is 9.85. The van der Waals surface area contributed by atoms with Gasteiger partial charge in [-0.05, 0) is 30.7 Å². The second kappa shape index (κ2) is 6.05. The lowest BCUT2D eigenvalue weighted by molar-refractivity contribution is 0.392. The van der Waals surface area contributed by atoms with Gasteiger partial charge in [0.2, 0.25) is 10.0 Å². The van der Waals surface area contributed by atoms with Gasteiger partial charge < -0.3 is 5.11 Å². The Labute approximate surface area is 129 Å². The summed E-state index contributed by atoms with van der Waals surface area (Å²) in [6, 6.07) is 12.5. The van der Waals surface area contributed by atoms with Gasteiger partial charge in [-0.3, -0.25) is 0 Å². The number of hydrogen-bond donors (Lipinski definition) is 1. The number of hydrogen-bond acceptors (Lipinski definition) is 3. The number of nitrogens with zero attached hydrogens (tertiary/aromatic N) is 1. The molecule has 1 N–H and O–H groups in total. The zero-order valence-corrected chi connectivity index (χ0v) is 13.3. The maximum absolute atomic E-state index is 12.6. The van der Waals surface area contributed by atoms with E-state index in [1.807, 2.05) is 0 Å². The van der Waals surface area contributed by atoms with Gasteiger partial charge in [0.05, 0.1) is 0 Å². The number of para-hydroxylation sites is 1. The monoisotopic (exact) mass is 325 g/mol. The van der Waals surface area contributed by atoms with E-state index in [2.05, 4.69) is 0 Å². The van der Waals surface area contributed by atoms with Crippen LogP contribution in [0.15, 0.2) is 53.4 Å². The van der Waals surface area contributed by atoms with Gasteiger partial charge in [0.15, 0.2) is 0 Å². The normalized spacial score (nSPS) is 13.3. The molecule has 2 rings (SSSR count). The molecule has 6 heteroatoms. The van der Waals surface area contributed by atoms with Crippen molar-refractivity contribution in [3.05, 3.63) is 59.1 Å². The minimum atomic E-state index is -3.81. The number of phenolic OH excluding ortho intramolecular Hbond substituents is 1. The van der Waals surface area contributed by atoms with Crippen LogP contribution in [0.1, 0.15) is 18.5 Å². The maximum atomic E-state index is 12.6. The van der Waals surface area contributed by atoms with E-state index in [9.17, 15) is 13.5 Å². The minimum Gasteiger partial charge on any atom is -0.507 e. The van der Waals surface area contributed by atoms with Crippen molar-refractivity contribution in [2.24, 2.45) is 0 Å². The lowest BCUT2D eigenvalue weighted by atomic mass is 10.1. The Kier molecular flexibility index (Phi) is 4.56. The number of aromatic hydroxyl groups is 1. The molecule has 0 aliphatic carbocycles. The Morgan fingerprint density at radius 2 is 1.67 bits per heavy atom. The van der Waals surface area contributed by atoms with Gasteiger partial charge in [0, 0.05) is 18.1 Å². The molecule has 0 spiro atoms. The minimum absolute atomic E-state index is 0.119. The Morgan fingerprint density at radius 1 is 1.10 bits per heavy atom. The molecule has 1 unspecified atom stereocenters. The first kappa shape index (κ1) is 15.8. The fourth-order valence-electron chi connectivity index (χ4n) is 2.05.